The molecular weight excluding hydrogens is 350 g/mol. The number of rotatable bonds is 5. The Hall–Kier alpha value is -3.18. The van der Waals surface area contributed by atoms with E-state index in [9.17, 15) is 9.90 Å². The van der Waals surface area contributed by atoms with Crippen LogP contribution in [0.3, 0.4) is 0 Å². The molecule has 0 fully saturated rings. The first-order valence-electron chi connectivity index (χ1n) is 9.44. The summed E-state index contributed by atoms with van der Waals surface area (Å²) in [6, 6.07) is 19.1. The third-order valence-corrected chi connectivity index (χ3v) is 5.16. The largest absolute Gasteiger partial charge is 0.508 e. The highest BCUT2D eigenvalue weighted by molar-refractivity contribution is 5.82. The Kier molecular flexibility index (Phi) is 5.35. The van der Waals surface area contributed by atoms with E-state index >= 15 is 0 Å². The molecule has 142 valence electrons. The number of phenols is 1. The number of hydrogen-bond acceptors (Lipinski definition) is 4. The molecule has 2 N–H and O–H groups in total. The first-order chi connectivity index (χ1) is 13.7. The van der Waals surface area contributed by atoms with E-state index in [4.69, 9.17) is 0 Å². The number of nitrogens with zero attached hydrogens (tertiary/aromatic N) is 2. The van der Waals surface area contributed by atoms with Crippen LogP contribution in [0.4, 0.5) is 0 Å². The zero-order valence-corrected chi connectivity index (χ0v) is 15.6. The third kappa shape index (κ3) is 4.21. The predicted molar refractivity (Wildman–Crippen MR) is 107 cm³/mol. The van der Waals surface area contributed by atoms with E-state index < -0.39 is 0 Å². The summed E-state index contributed by atoms with van der Waals surface area (Å²) in [4.78, 5) is 19.3. The number of amides is 1. The van der Waals surface area contributed by atoms with Crippen LogP contribution in [0.2, 0.25) is 0 Å². The fourth-order valence-electron chi connectivity index (χ4n) is 3.65. The predicted octanol–water partition coefficient (Wildman–Crippen LogP) is 3.03. The Balaban J connectivity index is 1.52. The molecule has 0 bridgehead atoms. The fraction of sp³-hybridized carbons (Fsp3) is 0.217. The van der Waals surface area contributed by atoms with Crippen molar-refractivity contribution in [1.82, 2.24) is 15.2 Å². The lowest BCUT2D eigenvalue weighted by atomic mass is 9.93. The second-order valence-electron chi connectivity index (χ2n) is 7.14. The zero-order chi connectivity index (χ0) is 19.3. The molecule has 2 aromatic carbocycles. The van der Waals surface area contributed by atoms with Gasteiger partial charge in [0, 0.05) is 32.0 Å². The second-order valence-corrected chi connectivity index (χ2v) is 7.14. The minimum atomic E-state index is -0.236. The lowest BCUT2D eigenvalue weighted by Crippen LogP contribution is -2.49. The molecule has 0 radical (unpaired) electrons. The first-order valence-corrected chi connectivity index (χ1v) is 9.44. The van der Waals surface area contributed by atoms with Crippen LogP contribution in [0.5, 0.6) is 5.75 Å². The lowest BCUT2D eigenvalue weighted by molar-refractivity contribution is -0.127. The quantitative estimate of drug-likeness (QED) is 0.722. The molecule has 3 aromatic rings. The molecule has 1 atom stereocenters. The van der Waals surface area contributed by atoms with Crippen molar-refractivity contribution in [2.75, 3.05) is 0 Å². The molecule has 0 saturated heterocycles. The van der Waals surface area contributed by atoms with Gasteiger partial charge in [0.2, 0.25) is 5.91 Å². The SMILES string of the molecule is O=C(NCc1cccnc1)[C@H]1Cc2ccccc2CN1Cc1ccc(O)cc1. The van der Waals surface area contributed by atoms with Crippen molar-refractivity contribution in [2.45, 2.75) is 32.1 Å². The highest BCUT2D eigenvalue weighted by atomic mass is 16.3. The molecule has 0 aliphatic carbocycles. The maximum Gasteiger partial charge on any atom is 0.237 e. The fourth-order valence-corrected chi connectivity index (χ4v) is 3.65. The number of pyridine rings is 1. The molecule has 1 amide bonds. The van der Waals surface area contributed by atoms with Crippen molar-refractivity contribution in [3.05, 3.63) is 95.3 Å². The summed E-state index contributed by atoms with van der Waals surface area (Å²) < 4.78 is 0. The summed E-state index contributed by atoms with van der Waals surface area (Å²) in [5, 5.41) is 12.6. The van der Waals surface area contributed by atoms with Gasteiger partial charge in [-0.2, -0.15) is 0 Å². The molecule has 2 heterocycles. The Morgan fingerprint density at radius 3 is 2.57 bits per heavy atom. The normalized spacial score (nSPS) is 16.4. The van der Waals surface area contributed by atoms with E-state index in [0.717, 1.165) is 17.7 Å². The van der Waals surface area contributed by atoms with E-state index in [1.807, 2.05) is 36.4 Å². The van der Waals surface area contributed by atoms with Gasteiger partial charge in [-0.1, -0.05) is 42.5 Å². The summed E-state index contributed by atoms with van der Waals surface area (Å²) >= 11 is 0. The Labute approximate surface area is 164 Å². The van der Waals surface area contributed by atoms with Gasteiger partial charge in [0.15, 0.2) is 0 Å². The van der Waals surface area contributed by atoms with E-state index in [0.29, 0.717) is 19.5 Å². The van der Waals surface area contributed by atoms with Gasteiger partial charge in [-0.25, -0.2) is 0 Å². The minimum absolute atomic E-state index is 0.0251. The first kappa shape index (κ1) is 18.2. The van der Waals surface area contributed by atoms with Crippen molar-refractivity contribution >= 4 is 5.91 Å². The summed E-state index contributed by atoms with van der Waals surface area (Å²) in [6.45, 7) is 1.85. The number of aromatic nitrogens is 1. The molecule has 1 aliphatic rings. The topological polar surface area (TPSA) is 65.5 Å². The van der Waals surface area contributed by atoms with Crippen molar-refractivity contribution in [3.8, 4) is 5.75 Å². The average molecular weight is 373 g/mol. The number of aromatic hydroxyl groups is 1. The summed E-state index contributed by atoms with van der Waals surface area (Å²) in [5.41, 5.74) is 4.54. The van der Waals surface area contributed by atoms with Crippen LogP contribution in [0.25, 0.3) is 0 Å². The van der Waals surface area contributed by atoms with Gasteiger partial charge >= 0.3 is 0 Å². The third-order valence-electron chi connectivity index (χ3n) is 5.16. The maximum atomic E-state index is 13.0. The Morgan fingerprint density at radius 2 is 1.82 bits per heavy atom. The molecule has 0 saturated carbocycles. The van der Waals surface area contributed by atoms with Crippen molar-refractivity contribution in [3.63, 3.8) is 0 Å². The van der Waals surface area contributed by atoms with Crippen molar-refractivity contribution in [2.24, 2.45) is 0 Å². The summed E-state index contributed by atoms with van der Waals surface area (Å²) in [5.74, 6) is 0.274. The van der Waals surface area contributed by atoms with E-state index in [1.165, 1.54) is 11.1 Å². The number of fused-ring (bicyclic) bond motifs is 1. The average Bonchev–Trinajstić information content (AvgIpc) is 2.74. The second kappa shape index (κ2) is 8.23. The van der Waals surface area contributed by atoms with Crippen LogP contribution in [-0.4, -0.2) is 26.9 Å². The molecule has 5 nitrogen and oxygen atoms in total. The van der Waals surface area contributed by atoms with Gasteiger partial charge in [-0.3, -0.25) is 14.7 Å². The minimum Gasteiger partial charge on any atom is -0.508 e. The molecule has 4 rings (SSSR count). The van der Waals surface area contributed by atoms with E-state index in [2.05, 4.69) is 27.3 Å². The molecule has 0 unspecified atom stereocenters. The van der Waals surface area contributed by atoms with Crippen molar-refractivity contribution in [1.29, 1.82) is 0 Å². The standard InChI is InChI=1S/C23H23N3O2/c27-21-9-7-17(8-10-21)15-26-16-20-6-2-1-5-19(20)12-22(26)23(28)25-14-18-4-3-11-24-13-18/h1-11,13,22,27H,12,14-16H2,(H,25,28)/t22-/m1/s1. The van der Waals surface area contributed by atoms with Gasteiger partial charge in [0.05, 0.1) is 6.04 Å². The number of nitrogens with one attached hydrogen (secondary N) is 1. The van der Waals surface area contributed by atoms with Crippen LogP contribution in [-0.2, 0) is 30.8 Å². The van der Waals surface area contributed by atoms with Gasteiger partial charge < -0.3 is 10.4 Å². The van der Waals surface area contributed by atoms with Crippen molar-refractivity contribution < 1.29 is 9.90 Å². The lowest BCUT2D eigenvalue weighted by Gasteiger charge is -2.36. The number of hydrogen-bond donors (Lipinski definition) is 2. The van der Waals surface area contributed by atoms with E-state index in [-0.39, 0.29) is 17.7 Å². The molecule has 1 aromatic heterocycles. The molecule has 5 heteroatoms. The highest BCUT2D eigenvalue weighted by Gasteiger charge is 2.31. The summed E-state index contributed by atoms with van der Waals surface area (Å²) in [7, 11) is 0. The van der Waals surface area contributed by atoms with Crippen LogP contribution in [0, 0.1) is 0 Å². The molecular formula is C23H23N3O2. The number of carbonyl (C=O) groups excluding carboxylic acids is 1. The van der Waals surface area contributed by atoms with E-state index in [1.54, 1.807) is 24.5 Å². The van der Waals surface area contributed by atoms with Crippen LogP contribution in [0.1, 0.15) is 22.3 Å². The Morgan fingerprint density at radius 1 is 1.04 bits per heavy atom. The number of carbonyl (C=O) groups is 1. The van der Waals surface area contributed by atoms with Crippen LogP contribution in [0.15, 0.2) is 73.1 Å². The smallest absolute Gasteiger partial charge is 0.237 e. The zero-order valence-electron chi connectivity index (χ0n) is 15.6. The maximum absolute atomic E-state index is 13.0. The monoisotopic (exact) mass is 373 g/mol. The number of phenolic OH excluding ortho intramolecular Hbond substituents is 1. The molecule has 1 aliphatic heterocycles. The van der Waals surface area contributed by atoms with Gasteiger partial charge in [-0.15, -0.1) is 0 Å². The Bertz CT molecular complexity index is 942. The van der Waals surface area contributed by atoms with Crippen LogP contribution < -0.4 is 5.32 Å². The number of benzene rings is 2. The van der Waals surface area contributed by atoms with Gasteiger partial charge in [0.1, 0.15) is 5.75 Å². The molecule has 0 spiro atoms. The highest BCUT2D eigenvalue weighted by Crippen LogP contribution is 2.25. The van der Waals surface area contributed by atoms with Gasteiger partial charge in [0.25, 0.3) is 0 Å². The summed E-state index contributed by atoms with van der Waals surface area (Å²) in [6.07, 6.45) is 4.18. The molecule has 28 heavy (non-hydrogen) atoms. The van der Waals surface area contributed by atoms with Gasteiger partial charge in [-0.05, 0) is 46.9 Å². The van der Waals surface area contributed by atoms with Crippen LogP contribution >= 0.6 is 0 Å².